The summed E-state index contributed by atoms with van der Waals surface area (Å²) in [6.45, 7) is 10.1. The number of benzene rings is 1. The quantitative estimate of drug-likeness (QED) is 0.610. The molecule has 4 rings (SSSR count). The fraction of sp³-hybridized carbons (Fsp3) is 0.400. The minimum atomic E-state index is 0.0408. The number of carbonyl (C=O) groups is 1. The molecule has 30 heavy (non-hydrogen) atoms. The number of likely N-dealkylation sites (tertiary alicyclic amines) is 1. The molecule has 0 unspecified atom stereocenters. The molecule has 1 amide bonds. The summed E-state index contributed by atoms with van der Waals surface area (Å²) in [5.41, 5.74) is 5.18. The second-order valence-electron chi connectivity index (χ2n) is 8.77. The highest BCUT2D eigenvalue weighted by molar-refractivity contribution is 6.07. The van der Waals surface area contributed by atoms with E-state index in [1.54, 1.807) is 6.20 Å². The maximum absolute atomic E-state index is 13.5. The number of fused-ring (bicyclic) bond motifs is 1. The van der Waals surface area contributed by atoms with Gasteiger partial charge in [-0.25, -0.2) is 9.97 Å². The monoisotopic (exact) mass is 402 g/mol. The number of carbonyl (C=O) groups excluding carboxylic acids is 1. The molecule has 1 atom stereocenters. The summed E-state index contributed by atoms with van der Waals surface area (Å²) in [5, 5.41) is 4.40. The van der Waals surface area contributed by atoms with Crippen molar-refractivity contribution >= 4 is 28.3 Å². The third-order valence-corrected chi connectivity index (χ3v) is 5.87. The summed E-state index contributed by atoms with van der Waals surface area (Å²) in [4.78, 5) is 24.5. The van der Waals surface area contributed by atoms with Gasteiger partial charge in [-0.2, -0.15) is 0 Å². The molecular weight excluding hydrogens is 372 g/mol. The molecule has 0 spiro atoms. The topological polar surface area (TPSA) is 58.1 Å². The highest BCUT2D eigenvalue weighted by Gasteiger charge is 2.25. The number of hydrogen-bond acceptors (Lipinski definition) is 4. The largest absolute Gasteiger partial charge is 0.354 e. The lowest BCUT2D eigenvalue weighted by atomic mass is 9.99. The molecule has 3 aromatic rings. The van der Waals surface area contributed by atoms with E-state index in [2.05, 4.69) is 54.3 Å². The molecule has 1 aliphatic heterocycles. The number of piperidine rings is 1. The Morgan fingerprint density at radius 2 is 2.07 bits per heavy atom. The highest BCUT2D eigenvalue weighted by atomic mass is 16.2. The van der Waals surface area contributed by atoms with E-state index in [0.29, 0.717) is 23.0 Å². The molecule has 5 nitrogen and oxygen atoms in total. The molecule has 2 aromatic heterocycles. The average Bonchev–Trinajstić information content (AvgIpc) is 2.73. The molecular formula is C25H30N4O. The molecule has 0 saturated carbocycles. The Hall–Kier alpha value is -2.95. The predicted octanol–water partition coefficient (Wildman–Crippen LogP) is 5.68. The second-order valence-corrected chi connectivity index (χ2v) is 8.77. The van der Waals surface area contributed by atoms with Crippen LogP contribution in [0.2, 0.25) is 0 Å². The van der Waals surface area contributed by atoms with E-state index in [4.69, 9.17) is 0 Å². The molecule has 1 aliphatic rings. The van der Waals surface area contributed by atoms with Gasteiger partial charge in [0.05, 0.1) is 11.3 Å². The molecule has 1 fully saturated rings. The van der Waals surface area contributed by atoms with Crippen LogP contribution < -0.4 is 5.32 Å². The lowest BCUT2D eigenvalue weighted by molar-refractivity contribution is 0.0684. The van der Waals surface area contributed by atoms with Gasteiger partial charge in [-0.3, -0.25) is 4.79 Å². The lowest BCUT2D eigenvalue weighted by Crippen LogP contribution is -2.39. The van der Waals surface area contributed by atoms with Gasteiger partial charge in [-0.1, -0.05) is 32.9 Å². The van der Waals surface area contributed by atoms with Crippen LogP contribution in [-0.4, -0.2) is 33.9 Å². The van der Waals surface area contributed by atoms with Gasteiger partial charge in [0.1, 0.15) is 0 Å². The highest BCUT2D eigenvalue weighted by Crippen LogP contribution is 2.31. The normalized spacial score (nSPS) is 16.8. The molecule has 0 bridgehead atoms. The minimum Gasteiger partial charge on any atom is -0.354 e. The first-order valence-corrected chi connectivity index (χ1v) is 10.8. The maximum atomic E-state index is 13.5. The van der Waals surface area contributed by atoms with E-state index in [9.17, 15) is 4.79 Å². The van der Waals surface area contributed by atoms with Gasteiger partial charge >= 0.3 is 0 Å². The SMILES string of the molecule is Cc1ccc2c(Nc3cccc(C(C)C)c3)c(C(=O)N3CCC[C@H](C)C3)cnc2n1. The third-order valence-electron chi connectivity index (χ3n) is 5.87. The van der Waals surface area contributed by atoms with Crippen molar-refractivity contribution < 1.29 is 4.79 Å². The fourth-order valence-corrected chi connectivity index (χ4v) is 4.13. The van der Waals surface area contributed by atoms with Crippen molar-refractivity contribution in [1.82, 2.24) is 14.9 Å². The van der Waals surface area contributed by atoms with Gasteiger partial charge in [0.2, 0.25) is 0 Å². The van der Waals surface area contributed by atoms with E-state index in [1.165, 1.54) is 12.0 Å². The second kappa shape index (κ2) is 8.42. The molecule has 1 saturated heterocycles. The number of hydrogen-bond donors (Lipinski definition) is 1. The summed E-state index contributed by atoms with van der Waals surface area (Å²) in [6.07, 6.45) is 3.91. The van der Waals surface area contributed by atoms with Crippen LogP contribution in [0.15, 0.2) is 42.6 Å². The Morgan fingerprint density at radius 3 is 2.83 bits per heavy atom. The first-order chi connectivity index (χ1) is 14.4. The van der Waals surface area contributed by atoms with Crippen LogP contribution >= 0.6 is 0 Å². The molecule has 1 N–H and O–H groups in total. The van der Waals surface area contributed by atoms with E-state index in [1.807, 2.05) is 30.0 Å². The predicted molar refractivity (Wildman–Crippen MR) is 122 cm³/mol. The zero-order valence-corrected chi connectivity index (χ0v) is 18.3. The summed E-state index contributed by atoms with van der Waals surface area (Å²) in [5.74, 6) is 1.000. The number of aromatic nitrogens is 2. The van der Waals surface area contributed by atoms with Crippen molar-refractivity contribution in [2.45, 2.75) is 46.5 Å². The van der Waals surface area contributed by atoms with Crippen molar-refractivity contribution in [3.8, 4) is 0 Å². The van der Waals surface area contributed by atoms with Crippen LogP contribution in [0.25, 0.3) is 11.0 Å². The summed E-state index contributed by atoms with van der Waals surface area (Å²) in [7, 11) is 0. The van der Waals surface area contributed by atoms with E-state index < -0.39 is 0 Å². The molecule has 0 radical (unpaired) electrons. The van der Waals surface area contributed by atoms with Crippen molar-refractivity contribution in [2.75, 3.05) is 18.4 Å². The van der Waals surface area contributed by atoms with Crippen molar-refractivity contribution in [3.63, 3.8) is 0 Å². The van der Waals surface area contributed by atoms with Crippen molar-refractivity contribution in [1.29, 1.82) is 0 Å². The molecule has 3 heterocycles. The lowest BCUT2D eigenvalue weighted by Gasteiger charge is -2.31. The van der Waals surface area contributed by atoms with Gasteiger partial charge in [-0.15, -0.1) is 0 Å². The van der Waals surface area contributed by atoms with Crippen LogP contribution in [0.4, 0.5) is 11.4 Å². The van der Waals surface area contributed by atoms with Gasteiger partial charge < -0.3 is 10.2 Å². The van der Waals surface area contributed by atoms with Gasteiger partial charge in [0, 0.05) is 36.1 Å². The zero-order valence-electron chi connectivity index (χ0n) is 18.3. The number of anilines is 2. The van der Waals surface area contributed by atoms with E-state index >= 15 is 0 Å². The number of rotatable bonds is 4. The summed E-state index contributed by atoms with van der Waals surface area (Å²) < 4.78 is 0. The minimum absolute atomic E-state index is 0.0408. The standard InChI is InChI=1S/C25H30N4O/c1-16(2)19-8-5-9-20(13-19)28-23-21-11-10-18(4)27-24(21)26-14-22(23)25(30)29-12-6-7-17(3)15-29/h5,8-11,13-14,16-17H,6-7,12,15H2,1-4H3,(H,26,27,28)/t17-/m0/s1. The zero-order chi connectivity index (χ0) is 21.3. The Balaban J connectivity index is 1.79. The molecule has 156 valence electrons. The van der Waals surface area contributed by atoms with Gasteiger partial charge in [-0.05, 0) is 61.4 Å². The first kappa shape index (κ1) is 20.3. The molecule has 1 aromatic carbocycles. The Labute approximate surface area is 178 Å². The smallest absolute Gasteiger partial charge is 0.257 e. The first-order valence-electron chi connectivity index (χ1n) is 10.8. The number of pyridine rings is 2. The molecule has 0 aliphatic carbocycles. The number of nitrogens with zero attached hydrogens (tertiary/aromatic N) is 3. The van der Waals surface area contributed by atoms with Crippen LogP contribution in [0.1, 0.15) is 61.1 Å². The number of amides is 1. The Bertz CT molecular complexity index is 1080. The van der Waals surface area contributed by atoms with Crippen LogP contribution in [0.3, 0.4) is 0 Å². The number of aryl methyl sites for hydroxylation is 1. The summed E-state index contributed by atoms with van der Waals surface area (Å²) in [6, 6.07) is 12.3. The van der Waals surface area contributed by atoms with Crippen molar-refractivity contribution in [3.05, 3.63) is 59.4 Å². The van der Waals surface area contributed by atoms with Gasteiger partial charge in [0.25, 0.3) is 5.91 Å². The van der Waals surface area contributed by atoms with E-state index in [-0.39, 0.29) is 5.91 Å². The van der Waals surface area contributed by atoms with Crippen LogP contribution in [-0.2, 0) is 0 Å². The molecule has 5 heteroatoms. The van der Waals surface area contributed by atoms with E-state index in [0.717, 1.165) is 42.0 Å². The third kappa shape index (κ3) is 4.16. The Kier molecular flexibility index (Phi) is 5.71. The Morgan fingerprint density at radius 1 is 1.23 bits per heavy atom. The average molecular weight is 403 g/mol. The van der Waals surface area contributed by atoms with Gasteiger partial charge in [0.15, 0.2) is 5.65 Å². The van der Waals surface area contributed by atoms with Crippen molar-refractivity contribution in [2.24, 2.45) is 5.92 Å². The fourth-order valence-electron chi connectivity index (χ4n) is 4.13. The van der Waals surface area contributed by atoms with Crippen LogP contribution in [0.5, 0.6) is 0 Å². The summed E-state index contributed by atoms with van der Waals surface area (Å²) >= 11 is 0. The maximum Gasteiger partial charge on any atom is 0.257 e. The number of nitrogens with one attached hydrogen (secondary N) is 1. The van der Waals surface area contributed by atoms with Crippen LogP contribution in [0, 0.1) is 12.8 Å².